The van der Waals surface area contributed by atoms with Gasteiger partial charge in [0.15, 0.2) is 0 Å². The summed E-state index contributed by atoms with van der Waals surface area (Å²) in [4.78, 5) is 24.7. The van der Waals surface area contributed by atoms with Crippen LogP contribution >= 0.6 is 0 Å². The number of hydrogen-bond donors (Lipinski definition) is 1. The van der Waals surface area contributed by atoms with Crippen LogP contribution in [0.2, 0.25) is 0 Å². The molecule has 1 N–H and O–H groups in total. The van der Waals surface area contributed by atoms with Crippen LogP contribution in [0.3, 0.4) is 0 Å². The molecule has 0 saturated carbocycles. The van der Waals surface area contributed by atoms with Crippen LogP contribution in [0.1, 0.15) is 27.2 Å². The van der Waals surface area contributed by atoms with Gasteiger partial charge in [-0.2, -0.15) is 0 Å². The monoisotopic (exact) mass is 272 g/mol. The lowest BCUT2D eigenvalue weighted by Gasteiger charge is -2.27. The molecule has 1 aliphatic rings. The minimum Gasteiger partial charge on any atom is -0.444 e. The van der Waals surface area contributed by atoms with Gasteiger partial charge in [-0.25, -0.2) is 4.79 Å². The zero-order valence-corrected chi connectivity index (χ0v) is 12.0. The second kappa shape index (κ2) is 7.45. The highest BCUT2D eigenvalue weighted by molar-refractivity contribution is 5.73. The maximum Gasteiger partial charge on any atom is 0.408 e. The van der Waals surface area contributed by atoms with Crippen molar-refractivity contribution in [2.24, 2.45) is 0 Å². The molecule has 0 bridgehead atoms. The molecule has 0 aromatic heterocycles. The van der Waals surface area contributed by atoms with E-state index < -0.39 is 17.7 Å². The fourth-order valence-electron chi connectivity index (χ4n) is 1.78. The quantitative estimate of drug-likeness (QED) is 0.750. The first-order valence-corrected chi connectivity index (χ1v) is 6.65. The number of ether oxygens (including phenoxy) is 2. The summed E-state index contributed by atoms with van der Waals surface area (Å²) in [6.45, 7) is 9.33. The fourth-order valence-corrected chi connectivity index (χ4v) is 1.78. The molecule has 0 aliphatic carbocycles. The Labute approximate surface area is 114 Å². The zero-order chi connectivity index (χ0) is 14.3. The van der Waals surface area contributed by atoms with Gasteiger partial charge in [-0.1, -0.05) is 0 Å². The number of hydrogen-bond acceptors (Lipinski definition) is 5. The molecule has 110 valence electrons. The van der Waals surface area contributed by atoms with Crippen molar-refractivity contribution < 1.29 is 19.1 Å². The molecule has 0 radical (unpaired) electrons. The Morgan fingerprint density at radius 2 is 2.05 bits per heavy atom. The molecule has 0 spiro atoms. The van der Waals surface area contributed by atoms with Crippen LogP contribution in [-0.2, 0) is 14.3 Å². The Balaban J connectivity index is 2.28. The van der Waals surface area contributed by atoms with Gasteiger partial charge < -0.3 is 19.6 Å². The van der Waals surface area contributed by atoms with E-state index in [2.05, 4.69) is 10.2 Å². The highest BCUT2D eigenvalue weighted by Crippen LogP contribution is 2.07. The Hall–Kier alpha value is -1.14. The average Bonchev–Trinajstić information content (AvgIpc) is 2.33. The van der Waals surface area contributed by atoms with Gasteiger partial charge in [0.1, 0.15) is 11.9 Å². The Morgan fingerprint density at radius 1 is 1.42 bits per heavy atom. The zero-order valence-electron chi connectivity index (χ0n) is 12.0. The molecule has 6 heteroatoms. The smallest absolute Gasteiger partial charge is 0.408 e. The maximum atomic E-state index is 11.6. The lowest BCUT2D eigenvalue weighted by atomic mass is 10.2. The third-order valence-electron chi connectivity index (χ3n) is 2.73. The molecule has 1 amide bonds. The minimum atomic E-state index is -0.554. The molecular weight excluding hydrogens is 248 g/mol. The molecule has 1 aliphatic heterocycles. The first kappa shape index (κ1) is 15.9. The van der Waals surface area contributed by atoms with Gasteiger partial charge in [0, 0.05) is 19.6 Å². The van der Waals surface area contributed by atoms with Crippen LogP contribution in [0.15, 0.2) is 0 Å². The molecule has 6 nitrogen and oxygen atoms in total. The average molecular weight is 272 g/mol. The third kappa shape index (κ3) is 7.12. The predicted molar refractivity (Wildman–Crippen MR) is 71.1 cm³/mol. The maximum absolute atomic E-state index is 11.6. The van der Waals surface area contributed by atoms with Crippen molar-refractivity contribution in [3.63, 3.8) is 0 Å². The van der Waals surface area contributed by atoms with Crippen LogP contribution < -0.4 is 5.32 Å². The second-order valence-electron chi connectivity index (χ2n) is 5.63. The van der Waals surface area contributed by atoms with Crippen molar-refractivity contribution in [2.45, 2.75) is 38.8 Å². The Morgan fingerprint density at radius 3 is 2.58 bits per heavy atom. The molecule has 1 unspecified atom stereocenters. The van der Waals surface area contributed by atoms with E-state index in [4.69, 9.17) is 9.47 Å². The summed E-state index contributed by atoms with van der Waals surface area (Å²) in [7, 11) is 0. The third-order valence-corrected chi connectivity index (χ3v) is 2.73. The van der Waals surface area contributed by atoms with Crippen molar-refractivity contribution >= 4 is 12.4 Å². The normalized spacial score (nSPS) is 18.7. The number of nitrogens with one attached hydrogen (secondary N) is 1. The van der Waals surface area contributed by atoms with Crippen molar-refractivity contribution in [3.05, 3.63) is 0 Å². The lowest BCUT2D eigenvalue weighted by Crippen LogP contribution is -2.43. The summed E-state index contributed by atoms with van der Waals surface area (Å²) in [5, 5.41) is 2.58. The van der Waals surface area contributed by atoms with Crippen molar-refractivity contribution in [1.29, 1.82) is 0 Å². The number of aldehydes is 1. The molecular formula is C13H24N2O4. The molecule has 1 rings (SSSR count). The minimum absolute atomic E-state index is 0.502. The van der Waals surface area contributed by atoms with E-state index in [1.807, 2.05) is 0 Å². The summed E-state index contributed by atoms with van der Waals surface area (Å²) >= 11 is 0. The summed E-state index contributed by atoms with van der Waals surface area (Å²) in [6, 6.07) is -0.502. The summed E-state index contributed by atoms with van der Waals surface area (Å²) in [5.74, 6) is 0. The van der Waals surface area contributed by atoms with Crippen LogP contribution in [0, 0.1) is 0 Å². The highest BCUT2D eigenvalue weighted by Gasteiger charge is 2.20. The Kier molecular flexibility index (Phi) is 6.24. The molecule has 0 aromatic carbocycles. The van der Waals surface area contributed by atoms with E-state index in [0.29, 0.717) is 6.42 Å². The van der Waals surface area contributed by atoms with E-state index in [0.717, 1.165) is 39.1 Å². The van der Waals surface area contributed by atoms with E-state index >= 15 is 0 Å². The molecule has 1 atom stereocenters. The number of carbonyl (C=O) groups excluding carboxylic acids is 2. The number of carbonyl (C=O) groups is 2. The van der Waals surface area contributed by atoms with Crippen molar-refractivity contribution in [3.8, 4) is 0 Å². The number of rotatable bonds is 5. The molecule has 19 heavy (non-hydrogen) atoms. The first-order chi connectivity index (χ1) is 8.90. The first-order valence-electron chi connectivity index (χ1n) is 6.65. The van der Waals surface area contributed by atoms with Gasteiger partial charge in [0.2, 0.25) is 0 Å². The molecule has 1 fully saturated rings. The summed E-state index contributed by atoms with van der Waals surface area (Å²) in [5.41, 5.74) is -0.554. The van der Waals surface area contributed by atoms with E-state index in [1.54, 1.807) is 20.8 Å². The largest absolute Gasteiger partial charge is 0.444 e. The number of alkyl carbamates (subject to hydrolysis) is 1. The van der Waals surface area contributed by atoms with E-state index in [1.165, 1.54) is 0 Å². The van der Waals surface area contributed by atoms with Gasteiger partial charge in [-0.15, -0.1) is 0 Å². The molecule has 1 saturated heterocycles. The highest BCUT2D eigenvalue weighted by atomic mass is 16.6. The van der Waals surface area contributed by atoms with Crippen LogP contribution in [-0.4, -0.2) is 61.8 Å². The summed E-state index contributed by atoms with van der Waals surface area (Å²) in [6.07, 6.45) is 0.791. The van der Waals surface area contributed by atoms with Crippen molar-refractivity contribution in [1.82, 2.24) is 10.2 Å². The van der Waals surface area contributed by atoms with Gasteiger partial charge in [-0.3, -0.25) is 4.90 Å². The van der Waals surface area contributed by atoms with Gasteiger partial charge in [0.05, 0.1) is 19.3 Å². The van der Waals surface area contributed by atoms with Crippen LogP contribution in [0.25, 0.3) is 0 Å². The topological polar surface area (TPSA) is 67.9 Å². The standard InChI is InChI=1S/C13H24N2O4/c1-13(2,3)19-12(17)14-11(10-16)4-5-15-6-8-18-9-7-15/h10-11H,4-9H2,1-3H3,(H,14,17). The van der Waals surface area contributed by atoms with Crippen LogP contribution in [0.4, 0.5) is 4.79 Å². The van der Waals surface area contributed by atoms with E-state index in [9.17, 15) is 9.59 Å². The van der Waals surface area contributed by atoms with Crippen LogP contribution in [0.5, 0.6) is 0 Å². The van der Waals surface area contributed by atoms with Gasteiger partial charge in [-0.05, 0) is 27.2 Å². The second-order valence-corrected chi connectivity index (χ2v) is 5.63. The number of amides is 1. The number of morpholine rings is 1. The number of nitrogens with zero attached hydrogens (tertiary/aromatic N) is 1. The van der Waals surface area contributed by atoms with Gasteiger partial charge >= 0.3 is 6.09 Å². The molecule has 0 aromatic rings. The molecule has 1 heterocycles. The fraction of sp³-hybridized carbons (Fsp3) is 0.846. The van der Waals surface area contributed by atoms with Gasteiger partial charge in [0.25, 0.3) is 0 Å². The Bertz CT molecular complexity index is 296. The van der Waals surface area contributed by atoms with Crippen molar-refractivity contribution in [2.75, 3.05) is 32.8 Å². The summed E-state index contributed by atoms with van der Waals surface area (Å²) < 4.78 is 10.4. The SMILES string of the molecule is CC(C)(C)OC(=O)NC(C=O)CCN1CCOCC1. The lowest BCUT2D eigenvalue weighted by molar-refractivity contribution is -0.109. The van der Waals surface area contributed by atoms with E-state index in [-0.39, 0.29) is 0 Å². The predicted octanol–water partition coefficient (Wildman–Crippen LogP) is 0.801.